The van der Waals surface area contributed by atoms with Crippen molar-refractivity contribution in [2.24, 2.45) is 11.8 Å². The van der Waals surface area contributed by atoms with Crippen molar-refractivity contribution in [1.82, 2.24) is 4.98 Å². The van der Waals surface area contributed by atoms with Crippen LogP contribution in [0.25, 0.3) is 22.4 Å². The zero-order chi connectivity index (χ0) is 21.7. The molecule has 1 aliphatic heterocycles. The molecule has 0 atom stereocenters. The number of hydrogen-bond donors (Lipinski definition) is 1. The van der Waals surface area contributed by atoms with Crippen molar-refractivity contribution >= 4 is 5.78 Å². The zero-order valence-electron chi connectivity index (χ0n) is 18.0. The Hall–Kier alpha value is -2.75. The molecule has 0 spiro atoms. The van der Waals surface area contributed by atoms with Gasteiger partial charge in [0.2, 0.25) is 0 Å². The average Bonchev–Trinajstić information content (AvgIpc) is 2.88. The summed E-state index contributed by atoms with van der Waals surface area (Å²) in [5.41, 5.74) is 3.98. The van der Waals surface area contributed by atoms with Gasteiger partial charge in [-0.05, 0) is 23.4 Å². The van der Waals surface area contributed by atoms with Crippen LogP contribution in [0.4, 0.5) is 0 Å². The number of pyridine rings is 1. The number of nitrogens with zero attached hydrogens (tertiary/aromatic N) is 1. The number of allylic oxidation sites excluding steroid dienone is 2. The summed E-state index contributed by atoms with van der Waals surface area (Å²) in [7, 11) is 0. The molecule has 0 aliphatic carbocycles. The second-order valence-corrected chi connectivity index (χ2v) is 7.69. The minimum absolute atomic E-state index is 0. The summed E-state index contributed by atoms with van der Waals surface area (Å²) in [6.45, 7) is 7.32. The zero-order valence-corrected chi connectivity index (χ0v) is 20.4. The monoisotopic (exact) mass is 593 g/mol. The fourth-order valence-electron chi connectivity index (χ4n) is 2.89. The van der Waals surface area contributed by atoms with Gasteiger partial charge in [0.15, 0.2) is 5.78 Å². The van der Waals surface area contributed by atoms with Crippen molar-refractivity contribution in [3.63, 3.8) is 0 Å². The maximum atomic E-state index is 11.0. The number of carbonyl (C=O) groups excluding carboxylic acids is 1. The molecule has 0 amide bonds. The Labute approximate surface area is 197 Å². The Balaban J connectivity index is 0.000000249. The number of aromatic nitrogens is 1. The molecule has 4 nitrogen and oxygen atoms in total. The van der Waals surface area contributed by atoms with Crippen molar-refractivity contribution < 1.29 is 34.7 Å². The molecule has 5 heteroatoms. The Morgan fingerprint density at radius 3 is 2.35 bits per heavy atom. The number of para-hydroxylation sites is 1. The van der Waals surface area contributed by atoms with Crippen LogP contribution < -0.4 is 4.74 Å². The number of rotatable bonds is 3. The van der Waals surface area contributed by atoms with E-state index in [-0.39, 0.29) is 43.5 Å². The molecule has 3 aromatic rings. The Morgan fingerprint density at radius 2 is 1.65 bits per heavy atom. The molecular weight excluding hydrogens is 567 g/mol. The van der Waals surface area contributed by atoms with Gasteiger partial charge < -0.3 is 14.8 Å². The SMILES string of the molecule is CC(C)C(=O)C=C(O)C(C)C.[Ir].[c-]1cccc2c1-c1ncccc1-c1ccccc1O2. The normalized spacial score (nSPS) is 11.6. The van der Waals surface area contributed by atoms with E-state index in [1.165, 1.54) is 6.08 Å². The topological polar surface area (TPSA) is 59.4 Å². The van der Waals surface area contributed by atoms with E-state index < -0.39 is 0 Å². The number of ketones is 1. The van der Waals surface area contributed by atoms with Crippen LogP contribution in [0.15, 0.2) is 72.6 Å². The molecule has 0 bridgehead atoms. The standard InChI is InChI=1S/C17H10NO.C9H16O2.Ir/c1-3-9-15-12(6-1)13-8-5-11-18-17(13)14-7-2-4-10-16(14)19-15;1-6(2)8(10)5-9(11)7(3)4;/h1-6,8-11H;5-7,10H,1-4H3;/q-1;;. The molecule has 0 unspecified atom stereocenters. The first-order valence-electron chi connectivity index (χ1n) is 10.1. The van der Waals surface area contributed by atoms with Crippen LogP contribution >= 0.6 is 0 Å². The minimum Gasteiger partial charge on any atom is -0.512 e. The van der Waals surface area contributed by atoms with Gasteiger partial charge in [-0.3, -0.25) is 4.79 Å². The fraction of sp³-hybridized carbons (Fsp3) is 0.231. The van der Waals surface area contributed by atoms with Gasteiger partial charge >= 0.3 is 0 Å². The molecule has 163 valence electrons. The van der Waals surface area contributed by atoms with Crippen molar-refractivity contribution in [3.8, 4) is 33.9 Å². The third kappa shape index (κ3) is 5.90. The predicted molar refractivity (Wildman–Crippen MR) is 119 cm³/mol. The van der Waals surface area contributed by atoms with Crippen molar-refractivity contribution in [3.05, 3.63) is 78.7 Å². The number of ether oxygens (including phenoxy) is 1. The van der Waals surface area contributed by atoms with Crippen molar-refractivity contribution in [1.29, 1.82) is 0 Å². The summed E-state index contributed by atoms with van der Waals surface area (Å²) in [5, 5.41) is 9.19. The first-order valence-corrected chi connectivity index (χ1v) is 10.1. The summed E-state index contributed by atoms with van der Waals surface area (Å²) in [6.07, 6.45) is 3.12. The van der Waals surface area contributed by atoms with E-state index in [4.69, 9.17) is 4.74 Å². The van der Waals surface area contributed by atoms with E-state index in [0.29, 0.717) is 0 Å². The molecule has 0 saturated carbocycles. The van der Waals surface area contributed by atoms with Gasteiger partial charge in [0.1, 0.15) is 5.75 Å². The van der Waals surface area contributed by atoms with E-state index >= 15 is 0 Å². The molecule has 1 N–H and O–H groups in total. The molecule has 4 rings (SSSR count). The molecule has 31 heavy (non-hydrogen) atoms. The third-order valence-corrected chi connectivity index (χ3v) is 4.71. The largest absolute Gasteiger partial charge is 0.512 e. The summed E-state index contributed by atoms with van der Waals surface area (Å²) >= 11 is 0. The number of aliphatic hydroxyl groups excluding tert-OH is 1. The molecule has 1 aliphatic rings. The smallest absolute Gasteiger partial charge is 0.161 e. The molecule has 1 radical (unpaired) electrons. The second kappa shape index (κ2) is 11.0. The number of aliphatic hydroxyl groups is 1. The van der Waals surface area contributed by atoms with Gasteiger partial charge in [-0.25, -0.2) is 0 Å². The van der Waals surface area contributed by atoms with Crippen LogP contribution in [0, 0.1) is 17.9 Å². The molecule has 1 aromatic heterocycles. The number of carbonyl (C=O) groups is 1. The summed E-state index contributed by atoms with van der Waals surface area (Å²) in [5.74, 6) is 1.82. The molecular formula is C26H26IrNO3-. The number of hydrogen-bond acceptors (Lipinski definition) is 4. The van der Waals surface area contributed by atoms with Gasteiger partial charge in [-0.2, -0.15) is 0 Å². The Bertz CT molecular complexity index is 1010. The summed E-state index contributed by atoms with van der Waals surface area (Å²) in [6, 6.07) is 21.0. The number of benzene rings is 2. The second-order valence-electron chi connectivity index (χ2n) is 7.69. The number of fused-ring (bicyclic) bond motifs is 5. The van der Waals surface area contributed by atoms with Crippen LogP contribution in [0.3, 0.4) is 0 Å². The third-order valence-electron chi connectivity index (χ3n) is 4.71. The van der Waals surface area contributed by atoms with E-state index in [0.717, 1.165) is 33.9 Å². The molecule has 2 aromatic carbocycles. The summed E-state index contributed by atoms with van der Waals surface area (Å²) < 4.78 is 6.01. The van der Waals surface area contributed by atoms with Gasteiger partial charge in [0.25, 0.3) is 0 Å². The van der Waals surface area contributed by atoms with Gasteiger partial charge in [-0.15, -0.1) is 24.3 Å². The molecule has 0 saturated heterocycles. The van der Waals surface area contributed by atoms with Crippen LogP contribution in [0.1, 0.15) is 27.7 Å². The van der Waals surface area contributed by atoms with Crippen LogP contribution in [0.5, 0.6) is 11.5 Å². The minimum atomic E-state index is -0.0316. The van der Waals surface area contributed by atoms with Gasteiger partial charge in [0.05, 0.1) is 5.76 Å². The maximum absolute atomic E-state index is 11.0. The van der Waals surface area contributed by atoms with Gasteiger partial charge in [0, 0.05) is 55.5 Å². The predicted octanol–water partition coefficient (Wildman–Crippen LogP) is 6.63. The van der Waals surface area contributed by atoms with Crippen LogP contribution in [-0.4, -0.2) is 15.9 Å². The first kappa shape index (κ1) is 24.5. The van der Waals surface area contributed by atoms with E-state index in [1.807, 2.05) is 70.2 Å². The van der Waals surface area contributed by atoms with Crippen molar-refractivity contribution in [2.45, 2.75) is 27.7 Å². The van der Waals surface area contributed by atoms with E-state index in [1.54, 1.807) is 6.20 Å². The van der Waals surface area contributed by atoms with Crippen molar-refractivity contribution in [2.75, 3.05) is 0 Å². The van der Waals surface area contributed by atoms with Gasteiger partial charge in [-0.1, -0.05) is 57.5 Å². The average molecular weight is 593 g/mol. The first-order chi connectivity index (χ1) is 14.4. The summed E-state index contributed by atoms with van der Waals surface area (Å²) in [4.78, 5) is 15.5. The molecule has 2 heterocycles. The van der Waals surface area contributed by atoms with E-state index in [9.17, 15) is 9.90 Å². The fourth-order valence-corrected chi connectivity index (χ4v) is 2.89. The maximum Gasteiger partial charge on any atom is 0.161 e. The van der Waals surface area contributed by atoms with E-state index in [2.05, 4.69) is 23.2 Å². The quantitative estimate of drug-likeness (QED) is 0.165. The van der Waals surface area contributed by atoms with Crippen LogP contribution in [0.2, 0.25) is 0 Å². The van der Waals surface area contributed by atoms with Crippen LogP contribution in [-0.2, 0) is 24.9 Å². The molecule has 0 fully saturated rings. The Kier molecular flexibility index (Phi) is 8.73. The Morgan fingerprint density at radius 1 is 0.968 bits per heavy atom.